The lowest BCUT2D eigenvalue weighted by Crippen LogP contribution is -2.41. The fourth-order valence-corrected chi connectivity index (χ4v) is 2.22. The van der Waals surface area contributed by atoms with Gasteiger partial charge in [0, 0.05) is 6.92 Å². The number of hydrogen-bond acceptors (Lipinski definition) is 4. The highest BCUT2D eigenvalue weighted by atomic mass is 19.1. The molecule has 0 unspecified atom stereocenters. The normalized spacial score (nSPS) is 19.1. The summed E-state index contributed by atoms with van der Waals surface area (Å²) in [7, 11) is 0.635. The number of halogens is 1. The van der Waals surface area contributed by atoms with Crippen molar-refractivity contribution < 1.29 is 23.2 Å². The first kappa shape index (κ1) is 16.8. The Balaban J connectivity index is 2.41. The van der Waals surface area contributed by atoms with Gasteiger partial charge in [-0.15, -0.1) is 0 Å². The van der Waals surface area contributed by atoms with Crippen molar-refractivity contribution >= 4 is 24.2 Å². The Labute approximate surface area is 130 Å². The molecule has 1 heterocycles. The predicted molar refractivity (Wildman–Crippen MR) is 83.0 cm³/mol. The summed E-state index contributed by atoms with van der Waals surface area (Å²) in [5.41, 5.74) is -0.315. The second kappa shape index (κ2) is 5.55. The van der Waals surface area contributed by atoms with Crippen molar-refractivity contribution in [3.8, 4) is 5.75 Å². The number of ether oxygens (including phenoxy) is 1. The zero-order valence-corrected chi connectivity index (χ0v) is 13.7. The van der Waals surface area contributed by atoms with Crippen LogP contribution in [0.1, 0.15) is 34.6 Å². The van der Waals surface area contributed by atoms with E-state index >= 15 is 0 Å². The Morgan fingerprint density at radius 3 is 2.23 bits per heavy atom. The van der Waals surface area contributed by atoms with E-state index in [1.54, 1.807) is 6.07 Å². The van der Waals surface area contributed by atoms with E-state index in [-0.39, 0.29) is 17.3 Å². The average Bonchev–Trinajstić information content (AvgIpc) is 2.57. The van der Waals surface area contributed by atoms with E-state index in [4.69, 9.17) is 14.0 Å². The van der Waals surface area contributed by atoms with Gasteiger partial charge in [0.2, 0.25) is 5.91 Å². The van der Waals surface area contributed by atoms with Gasteiger partial charge in [-0.3, -0.25) is 4.79 Å². The van der Waals surface area contributed by atoms with Crippen LogP contribution in [0.3, 0.4) is 0 Å². The zero-order chi connectivity index (χ0) is 16.7. The third-order valence-corrected chi connectivity index (χ3v) is 4.11. The molecule has 1 amide bonds. The average molecular weight is 309 g/mol. The first-order chi connectivity index (χ1) is 10.1. The molecular weight excluding hydrogens is 288 g/mol. The van der Waals surface area contributed by atoms with Gasteiger partial charge in [-0.05, 0) is 45.3 Å². The SMILES string of the molecule is COc1c(F)cc(B2OC(C)(C)C(C)(C)O2)cc1NC(C)=O. The summed E-state index contributed by atoms with van der Waals surface area (Å²) < 4.78 is 31.0. The number of carbonyl (C=O) groups is 1. The van der Waals surface area contributed by atoms with Crippen LogP contribution in [0.25, 0.3) is 0 Å². The molecule has 2 rings (SSSR count). The van der Waals surface area contributed by atoms with E-state index in [1.165, 1.54) is 20.1 Å². The molecule has 1 saturated heterocycles. The van der Waals surface area contributed by atoms with Crippen LogP contribution in [0.2, 0.25) is 0 Å². The summed E-state index contributed by atoms with van der Waals surface area (Å²) in [6.07, 6.45) is 0. The number of nitrogens with one attached hydrogen (secondary N) is 1. The van der Waals surface area contributed by atoms with Crippen molar-refractivity contribution in [2.24, 2.45) is 0 Å². The molecule has 1 N–H and O–H groups in total. The van der Waals surface area contributed by atoms with Crippen molar-refractivity contribution in [1.82, 2.24) is 0 Å². The van der Waals surface area contributed by atoms with Gasteiger partial charge in [0.05, 0.1) is 24.0 Å². The van der Waals surface area contributed by atoms with Gasteiger partial charge >= 0.3 is 7.12 Å². The number of hydrogen-bond donors (Lipinski definition) is 1. The Hall–Kier alpha value is -1.60. The molecule has 1 fully saturated rings. The Bertz CT molecular complexity index is 587. The molecule has 0 radical (unpaired) electrons. The van der Waals surface area contributed by atoms with Gasteiger partial charge in [0.25, 0.3) is 0 Å². The molecule has 22 heavy (non-hydrogen) atoms. The van der Waals surface area contributed by atoms with E-state index in [0.717, 1.165) is 0 Å². The minimum Gasteiger partial charge on any atom is -0.492 e. The molecule has 120 valence electrons. The number of benzene rings is 1. The molecule has 0 spiro atoms. The standard InChI is InChI=1S/C15H21BFNO4/c1-9(19)18-12-8-10(7-11(17)13(12)20-6)16-21-14(2,3)15(4,5)22-16/h7-8H,1-6H3,(H,18,19). The number of amides is 1. The van der Waals surface area contributed by atoms with E-state index in [0.29, 0.717) is 5.46 Å². The second-order valence-electron chi connectivity index (χ2n) is 6.35. The lowest BCUT2D eigenvalue weighted by atomic mass is 9.78. The molecule has 0 saturated carbocycles. The largest absolute Gasteiger partial charge is 0.495 e. The molecule has 1 aromatic rings. The quantitative estimate of drug-likeness (QED) is 0.869. The molecule has 0 aromatic heterocycles. The van der Waals surface area contributed by atoms with Gasteiger partial charge in [-0.1, -0.05) is 0 Å². The summed E-state index contributed by atoms with van der Waals surface area (Å²) >= 11 is 0. The van der Waals surface area contributed by atoms with E-state index in [9.17, 15) is 9.18 Å². The van der Waals surface area contributed by atoms with Crippen molar-refractivity contribution in [3.63, 3.8) is 0 Å². The van der Waals surface area contributed by atoms with Crippen molar-refractivity contribution in [3.05, 3.63) is 17.9 Å². The smallest absolute Gasteiger partial charge is 0.492 e. The molecule has 7 heteroatoms. The van der Waals surface area contributed by atoms with Gasteiger partial charge in [-0.2, -0.15) is 0 Å². The summed E-state index contributed by atoms with van der Waals surface area (Å²) in [6.45, 7) is 9.02. The first-order valence-electron chi connectivity index (χ1n) is 7.08. The number of carbonyl (C=O) groups excluding carboxylic acids is 1. The molecule has 1 aliphatic rings. The number of methoxy groups -OCH3 is 1. The van der Waals surface area contributed by atoms with Crippen LogP contribution in [0.4, 0.5) is 10.1 Å². The Morgan fingerprint density at radius 1 is 1.23 bits per heavy atom. The van der Waals surface area contributed by atoms with Crippen molar-refractivity contribution in [2.75, 3.05) is 12.4 Å². The van der Waals surface area contributed by atoms with Gasteiger partial charge in [-0.25, -0.2) is 4.39 Å². The first-order valence-corrected chi connectivity index (χ1v) is 7.08. The van der Waals surface area contributed by atoms with Crippen LogP contribution in [0, 0.1) is 5.82 Å². The highest BCUT2D eigenvalue weighted by molar-refractivity contribution is 6.62. The summed E-state index contributed by atoms with van der Waals surface area (Å²) in [4.78, 5) is 11.3. The minimum atomic E-state index is -0.710. The minimum absolute atomic E-state index is 0.0181. The predicted octanol–water partition coefficient (Wildman–Crippen LogP) is 2.09. The van der Waals surface area contributed by atoms with Gasteiger partial charge in [0.15, 0.2) is 11.6 Å². The Kier molecular flexibility index (Phi) is 4.23. The van der Waals surface area contributed by atoms with Crippen molar-refractivity contribution in [1.29, 1.82) is 0 Å². The highest BCUT2D eigenvalue weighted by Gasteiger charge is 2.52. The molecule has 0 bridgehead atoms. The third-order valence-electron chi connectivity index (χ3n) is 4.11. The molecular formula is C15H21BFNO4. The Morgan fingerprint density at radius 2 is 1.77 bits per heavy atom. The zero-order valence-electron chi connectivity index (χ0n) is 13.7. The van der Waals surface area contributed by atoms with E-state index < -0.39 is 24.1 Å². The monoisotopic (exact) mass is 309 g/mol. The van der Waals surface area contributed by atoms with Crippen LogP contribution in [-0.2, 0) is 14.1 Å². The molecule has 0 atom stereocenters. The van der Waals surface area contributed by atoms with Gasteiger partial charge < -0.3 is 19.4 Å². The third kappa shape index (κ3) is 2.96. The van der Waals surface area contributed by atoms with Crippen LogP contribution in [0.15, 0.2) is 12.1 Å². The molecule has 5 nitrogen and oxygen atoms in total. The lowest BCUT2D eigenvalue weighted by Gasteiger charge is -2.32. The summed E-state index contributed by atoms with van der Waals surface area (Å²) in [5.74, 6) is -0.919. The fourth-order valence-electron chi connectivity index (χ4n) is 2.22. The topological polar surface area (TPSA) is 56.8 Å². The van der Waals surface area contributed by atoms with E-state index in [2.05, 4.69) is 5.32 Å². The maximum atomic E-state index is 14.2. The van der Waals surface area contributed by atoms with Gasteiger partial charge in [0.1, 0.15) is 0 Å². The summed E-state index contributed by atoms with van der Waals surface area (Å²) in [5, 5.41) is 2.56. The fraction of sp³-hybridized carbons (Fsp3) is 0.533. The number of rotatable bonds is 3. The van der Waals surface area contributed by atoms with E-state index in [1.807, 2.05) is 27.7 Å². The number of anilines is 1. The molecule has 1 aliphatic heterocycles. The molecule has 1 aromatic carbocycles. The second-order valence-corrected chi connectivity index (χ2v) is 6.35. The van der Waals surface area contributed by atoms with Crippen LogP contribution in [0.5, 0.6) is 5.75 Å². The highest BCUT2D eigenvalue weighted by Crippen LogP contribution is 2.37. The molecule has 0 aliphatic carbocycles. The maximum Gasteiger partial charge on any atom is 0.495 e. The maximum absolute atomic E-state index is 14.2. The van der Waals surface area contributed by atoms with Crippen LogP contribution in [-0.4, -0.2) is 31.3 Å². The summed E-state index contributed by atoms with van der Waals surface area (Å²) in [6, 6.07) is 2.90. The van der Waals surface area contributed by atoms with Crippen LogP contribution < -0.4 is 15.5 Å². The lowest BCUT2D eigenvalue weighted by molar-refractivity contribution is -0.114. The van der Waals surface area contributed by atoms with Crippen LogP contribution >= 0.6 is 0 Å². The van der Waals surface area contributed by atoms with Crippen molar-refractivity contribution in [2.45, 2.75) is 45.8 Å².